The quantitative estimate of drug-likeness (QED) is 0.170. The third-order valence-corrected chi connectivity index (χ3v) is 12.9. The average Bonchev–Trinajstić information content (AvgIpc) is 3.85. The maximum atomic E-state index is 5.11. The summed E-state index contributed by atoms with van der Waals surface area (Å²) in [4.78, 5) is 15.2. The Balaban J connectivity index is 1.02. The molecule has 11 aromatic rings. The highest BCUT2D eigenvalue weighted by atomic mass is 32.1. The summed E-state index contributed by atoms with van der Waals surface area (Å²) >= 11 is 3.71. The number of nitrogens with zero attached hydrogens (tertiary/aromatic N) is 3. The van der Waals surface area contributed by atoms with E-state index in [1.807, 2.05) is 46.9 Å². The van der Waals surface area contributed by atoms with E-state index in [4.69, 9.17) is 15.0 Å². The van der Waals surface area contributed by atoms with Gasteiger partial charge in [-0.05, 0) is 57.6 Å². The van der Waals surface area contributed by atoms with E-state index in [2.05, 4.69) is 164 Å². The van der Waals surface area contributed by atoms with Crippen molar-refractivity contribution in [2.24, 2.45) is 0 Å². The molecule has 262 valence electrons. The zero-order valence-electron chi connectivity index (χ0n) is 30.1. The van der Waals surface area contributed by atoms with Crippen molar-refractivity contribution in [1.82, 2.24) is 15.0 Å². The lowest BCUT2D eigenvalue weighted by Gasteiger charge is -2.10. The predicted octanol–water partition coefficient (Wildman–Crippen LogP) is 14.6. The zero-order valence-corrected chi connectivity index (χ0v) is 31.7. The van der Waals surface area contributed by atoms with E-state index < -0.39 is 0 Å². The first kappa shape index (κ1) is 32.6. The minimum Gasteiger partial charge on any atom is -0.208 e. The van der Waals surface area contributed by atoms with Gasteiger partial charge in [0.05, 0.1) is 0 Å². The molecule has 0 aliphatic heterocycles. The Morgan fingerprint density at radius 1 is 0.286 bits per heavy atom. The van der Waals surface area contributed by atoms with Crippen LogP contribution in [0.4, 0.5) is 0 Å². The molecule has 3 aromatic heterocycles. The average molecular weight is 750 g/mol. The Labute approximate surface area is 331 Å². The van der Waals surface area contributed by atoms with Gasteiger partial charge in [-0.25, -0.2) is 15.0 Å². The zero-order chi connectivity index (χ0) is 37.0. The summed E-state index contributed by atoms with van der Waals surface area (Å²) < 4.78 is 5.10. The van der Waals surface area contributed by atoms with Crippen LogP contribution in [0, 0.1) is 0 Å². The van der Waals surface area contributed by atoms with Gasteiger partial charge in [-0.1, -0.05) is 164 Å². The minimum atomic E-state index is 0.651. The lowest BCUT2D eigenvalue weighted by atomic mass is 9.94. The molecular weight excluding hydrogens is 719 g/mol. The first-order valence-corrected chi connectivity index (χ1v) is 20.3. The Kier molecular flexibility index (Phi) is 7.87. The van der Waals surface area contributed by atoms with E-state index in [-0.39, 0.29) is 0 Å². The lowest BCUT2D eigenvalue weighted by molar-refractivity contribution is 1.07. The van der Waals surface area contributed by atoms with Crippen molar-refractivity contribution in [3.8, 4) is 67.5 Å². The molecule has 3 heterocycles. The fourth-order valence-electron chi connectivity index (χ4n) is 7.82. The van der Waals surface area contributed by atoms with E-state index in [1.54, 1.807) is 0 Å². The summed E-state index contributed by atoms with van der Waals surface area (Å²) in [6, 6.07) is 66.8. The monoisotopic (exact) mass is 749 g/mol. The van der Waals surface area contributed by atoms with Crippen molar-refractivity contribution in [2.45, 2.75) is 0 Å². The topological polar surface area (TPSA) is 38.7 Å². The van der Waals surface area contributed by atoms with Crippen LogP contribution in [0.15, 0.2) is 188 Å². The van der Waals surface area contributed by atoms with Crippen LogP contribution in [0.2, 0.25) is 0 Å². The molecular formula is C51H31N3S2. The van der Waals surface area contributed by atoms with Crippen LogP contribution in [0.3, 0.4) is 0 Å². The van der Waals surface area contributed by atoms with Crippen molar-refractivity contribution >= 4 is 63.0 Å². The Bertz CT molecular complexity index is 3240. The van der Waals surface area contributed by atoms with Crippen molar-refractivity contribution in [3.63, 3.8) is 0 Å². The second-order valence-electron chi connectivity index (χ2n) is 14.0. The van der Waals surface area contributed by atoms with Crippen molar-refractivity contribution in [3.05, 3.63) is 188 Å². The van der Waals surface area contributed by atoms with Gasteiger partial charge < -0.3 is 0 Å². The van der Waals surface area contributed by atoms with Crippen LogP contribution >= 0.6 is 22.7 Å². The molecule has 0 saturated heterocycles. The van der Waals surface area contributed by atoms with Crippen LogP contribution in [0.1, 0.15) is 0 Å². The molecule has 11 rings (SSSR count). The van der Waals surface area contributed by atoms with E-state index in [0.717, 1.165) is 27.8 Å². The van der Waals surface area contributed by atoms with Gasteiger partial charge in [0.1, 0.15) is 0 Å². The Morgan fingerprint density at radius 3 is 1.52 bits per heavy atom. The van der Waals surface area contributed by atoms with Gasteiger partial charge in [-0.15, -0.1) is 22.7 Å². The molecule has 8 aromatic carbocycles. The van der Waals surface area contributed by atoms with Gasteiger partial charge in [-0.3, -0.25) is 0 Å². The summed E-state index contributed by atoms with van der Waals surface area (Å²) in [6.45, 7) is 0. The molecule has 0 bridgehead atoms. The highest BCUT2D eigenvalue weighted by Gasteiger charge is 2.18. The minimum absolute atomic E-state index is 0.651. The van der Waals surface area contributed by atoms with Crippen molar-refractivity contribution < 1.29 is 0 Å². The number of benzene rings is 8. The molecule has 0 fully saturated rings. The fraction of sp³-hybridized carbons (Fsp3) is 0. The maximum Gasteiger partial charge on any atom is 0.164 e. The second kappa shape index (κ2) is 13.5. The molecule has 0 aliphatic rings. The van der Waals surface area contributed by atoms with Crippen molar-refractivity contribution in [2.75, 3.05) is 0 Å². The van der Waals surface area contributed by atoms with Gasteiger partial charge in [0.2, 0.25) is 0 Å². The molecule has 0 unspecified atom stereocenters. The maximum absolute atomic E-state index is 5.11. The summed E-state index contributed by atoms with van der Waals surface area (Å²) in [5, 5.41) is 5.13. The van der Waals surface area contributed by atoms with E-state index >= 15 is 0 Å². The lowest BCUT2D eigenvalue weighted by Crippen LogP contribution is -2.00. The van der Waals surface area contributed by atoms with Gasteiger partial charge in [0.25, 0.3) is 0 Å². The van der Waals surface area contributed by atoms with Crippen LogP contribution in [0.5, 0.6) is 0 Å². The molecule has 0 spiro atoms. The second-order valence-corrected chi connectivity index (χ2v) is 16.1. The van der Waals surface area contributed by atoms with E-state index in [1.165, 1.54) is 62.6 Å². The number of thiophene rings is 2. The molecule has 56 heavy (non-hydrogen) atoms. The highest BCUT2D eigenvalue weighted by Crippen LogP contribution is 2.46. The molecule has 0 saturated carbocycles. The molecule has 0 atom stereocenters. The van der Waals surface area contributed by atoms with Crippen LogP contribution < -0.4 is 0 Å². The molecule has 3 nitrogen and oxygen atoms in total. The summed E-state index contributed by atoms with van der Waals surface area (Å²) in [6.07, 6.45) is 0. The third-order valence-electron chi connectivity index (χ3n) is 10.5. The Morgan fingerprint density at radius 2 is 0.804 bits per heavy atom. The summed E-state index contributed by atoms with van der Waals surface area (Å²) in [5.41, 5.74) is 10.2. The standard InChI is InChI=1S/C51H31N3S2/c1-4-13-32(14-5-1)35-19-12-20-37(29-35)50-52-49(34-17-8-3-9-18-34)53-51(54-50)38-24-26-42-41-25-23-36(30-45(41)55-46(42)31-38)40-28-27-39(33-15-6-2-7-16-33)47-43-21-10-11-22-44(43)56-48(40)47/h1-31H. The summed E-state index contributed by atoms with van der Waals surface area (Å²) in [5.74, 6) is 1.96. The van der Waals surface area contributed by atoms with Crippen LogP contribution in [-0.4, -0.2) is 15.0 Å². The van der Waals surface area contributed by atoms with Gasteiger partial charge in [0, 0.05) is 57.0 Å². The number of rotatable bonds is 6. The predicted molar refractivity (Wildman–Crippen MR) is 238 cm³/mol. The van der Waals surface area contributed by atoms with Crippen molar-refractivity contribution in [1.29, 1.82) is 0 Å². The normalized spacial score (nSPS) is 11.6. The molecule has 0 radical (unpaired) electrons. The fourth-order valence-corrected chi connectivity index (χ4v) is 10.3. The first-order valence-electron chi connectivity index (χ1n) is 18.7. The number of fused-ring (bicyclic) bond motifs is 6. The largest absolute Gasteiger partial charge is 0.208 e. The number of hydrogen-bond acceptors (Lipinski definition) is 5. The molecule has 0 amide bonds. The summed E-state index contributed by atoms with van der Waals surface area (Å²) in [7, 11) is 0. The van der Waals surface area contributed by atoms with Crippen LogP contribution in [-0.2, 0) is 0 Å². The molecule has 5 heteroatoms. The van der Waals surface area contributed by atoms with Crippen LogP contribution in [0.25, 0.3) is 108 Å². The highest BCUT2D eigenvalue weighted by molar-refractivity contribution is 7.26. The molecule has 0 aliphatic carbocycles. The molecule has 0 N–H and O–H groups in total. The smallest absolute Gasteiger partial charge is 0.164 e. The SMILES string of the molecule is c1ccc(-c2cccc(-c3nc(-c4ccccc4)nc(-c4ccc5c(c4)sc4cc(-c6ccc(-c7ccccc7)c7c6sc6ccccc67)ccc45)n3)c2)cc1. The van der Waals surface area contributed by atoms with Gasteiger partial charge in [0.15, 0.2) is 17.5 Å². The Hall–Kier alpha value is -6.79. The first-order chi connectivity index (χ1) is 27.7. The van der Waals surface area contributed by atoms with Gasteiger partial charge in [-0.2, -0.15) is 0 Å². The number of hydrogen-bond donors (Lipinski definition) is 0. The number of aromatic nitrogens is 3. The van der Waals surface area contributed by atoms with E-state index in [0.29, 0.717) is 17.5 Å². The van der Waals surface area contributed by atoms with E-state index in [9.17, 15) is 0 Å². The third kappa shape index (κ3) is 5.68. The van der Waals surface area contributed by atoms with Gasteiger partial charge >= 0.3 is 0 Å².